The van der Waals surface area contributed by atoms with Crippen LogP contribution in [-0.2, 0) is 0 Å². The van der Waals surface area contributed by atoms with Gasteiger partial charge in [-0.25, -0.2) is 14.6 Å². The van der Waals surface area contributed by atoms with Gasteiger partial charge in [-0.3, -0.25) is 0 Å². The van der Waals surface area contributed by atoms with Crippen LogP contribution in [0.4, 0.5) is 0 Å². The van der Waals surface area contributed by atoms with E-state index in [1.54, 1.807) is 12.2 Å². The molecule has 1 aromatic heterocycles. The molecule has 5 heteroatoms. The molecule has 2 N–H and O–H groups in total. The first kappa shape index (κ1) is 13.5. The van der Waals surface area contributed by atoms with Crippen LogP contribution in [0.15, 0.2) is 42.6 Å². The van der Waals surface area contributed by atoms with E-state index >= 15 is 0 Å². The van der Waals surface area contributed by atoms with Crippen molar-refractivity contribution >= 4 is 24.1 Å². The predicted molar refractivity (Wildman–Crippen MR) is 73.5 cm³/mol. The van der Waals surface area contributed by atoms with Crippen LogP contribution in [0.1, 0.15) is 32.0 Å². The number of nitrogens with zero attached hydrogens (tertiary/aromatic N) is 1. The number of aromatic carboxylic acids is 2. The molecule has 2 aromatic rings. The molecule has 1 heterocycles. The van der Waals surface area contributed by atoms with E-state index in [4.69, 9.17) is 10.2 Å². The van der Waals surface area contributed by atoms with Gasteiger partial charge < -0.3 is 10.2 Å². The summed E-state index contributed by atoms with van der Waals surface area (Å²) in [6.07, 6.45) is 4.56. The van der Waals surface area contributed by atoms with Gasteiger partial charge in [0, 0.05) is 6.20 Å². The number of carbonyl (C=O) groups is 2. The zero-order chi connectivity index (χ0) is 14.5. The Morgan fingerprint density at radius 3 is 2.25 bits per heavy atom. The van der Waals surface area contributed by atoms with Gasteiger partial charge in [0.15, 0.2) is 5.69 Å². The fraction of sp³-hybridized carbons (Fsp3) is 0. The average Bonchev–Trinajstić information content (AvgIpc) is 2.45. The highest BCUT2D eigenvalue weighted by Gasteiger charge is 2.20. The van der Waals surface area contributed by atoms with Crippen molar-refractivity contribution in [3.63, 3.8) is 0 Å². The van der Waals surface area contributed by atoms with Gasteiger partial charge in [-0.15, -0.1) is 0 Å². The molecule has 0 bridgehead atoms. The van der Waals surface area contributed by atoms with Gasteiger partial charge >= 0.3 is 11.9 Å². The monoisotopic (exact) mass is 269 g/mol. The van der Waals surface area contributed by atoms with Gasteiger partial charge in [0.25, 0.3) is 0 Å². The fourth-order valence-electron chi connectivity index (χ4n) is 1.75. The number of carboxylic acids is 2. The largest absolute Gasteiger partial charge is 0.478 e. The minimum Gasteiger partial charge on any atom is -0.478 e. The maximum atomic E-state index is 11.2. The van der Waals surface area contributed by atoms with Crippen molar-refractivity contribution in [3.05, 3.63) is 65.0 Å². The lowest BCUT2D eigenvalue weighted by atomic mass is 10.0. The van der Waals surface area contributed by atoms with Crippen LogP contribution in [0, 0.1) is 0 Å². The van der Waals surface area contributed by atoms with Crippen LogP contribution in [0.25, 0.3) is 12.2 Å². The molecule has 2 rings (SSSR count). The van der Waals surface area contributed by atoms with E-state index in [0.29, 0.717) is 5.56 Å². The molecule has 5 nitrogen and oxygen atoms in total. The average molecular weight is 269 g/mol. The standard InChI is InChI=1S/C15H11NO4/c17-14(18)12-11(8-9-16-13(12)15(19)20)7-6-10-4-2-1-3-5-10/h1-9H,(H,17,18)(H,19,20). The fourth-order valence-corrected chi connectivity index (χ4v) is 1.75. The summed E-state index contributed by atoms with van der Waals surface area (Å²) in [5, 5.41) is 18.1. The van der Waals surface area contributed by atoms with Gasteiger partial charge in [-0.2, -0.15) is 0 Å². The molecule has 0 spiro atoms. The minimum atomic E-state index is -1.36. The number of pyridine rings is 1. The summed E-state index contributed by atoms with van der Waals surface area (Å²) < 4.78 is 0. The van der Waals surface area contributed by atoms with E-state index in [2.05, 4.69) is 4.98 Å². The van der Waals surface area contributed by atoms with Crippen molar-refractivity contribution in [1.29, 1.82) is 0 Å². The second-order valence-corrected chi connectivity index (χ2v) is 3.98. The van der Waals surface area contributed by atoms with Crippen molar-refractivity contribution in [2.45, 2.75) is 0 Å². The summed E-state index contributed by atoms with van der Waals surface area (Å²) >= 11 is 0. The minimum absolute atomic E-state index is 0.300. The number of hydrogen-bond donors (Lipinski definition) is 2. The molecule has 0 saturated carbocycles. The lowest BCUT2D eigenvalue weighted by Gasteiger charge is -2.04. The first-order valence-electron chi connectivity index (χ1n) is 5.78. The molecule has 0 aliphatic rings. The zero-order valence-electron chi connectivity index (χ0n) is 10.4. The molecule has 0 amide bonds. The second-order valence-electron chi connectivity index (χ2n) is 3.98. The third-order valence-corrected chi connectivity index (χ3v) is 2.65. The Hall–Kier alpha value is -2.95. The molecule has 1 aromatic carbocycles. The van der Waals surface area contributed by atoms with Gasteiger partial charge in [-0.1, -0.05) is 42.5 Å². The molecule has 0 unspecified atom stereocenters. The van der Waals surface area contributed by atoms with E-state index in [1.807, 2.05) is 30.3 Å². The highest BCUT2D eigenvalue weighted by atomic mass is 16.4. The Morgan fingerprint density at radius 2 is 1.65 bits per heavy atom. The summed E-state index contributed by atoms with van der Waals surface area (Å²) in [6, 6.07) is 10.8. The van der Waals surface area contributed by atoms with Gasteiger partial charge in [0.05, 0.1) is 5.56 Å². The topological polar surface area (TPSA) is 87.5 Å². The quantitative estimate of drug-likeness (QED) is 0.890. The van der Waals surface area contributed by atoms with Gasteiger partial charge in [0.1, 0.15) is 0 Å². The van der Waals surface area contributed by atoms with Crippen LogP contribution in [-0.4, -0.2) is 27.1 Å². The van der Waals surface area contributed by atoms with E-state index in [-0.39, 0.29) is 5.56 Å². The van der Waals surface area contributed by atoms with E-state index in [0.717, 1.165) is 5.56 Å². The van der Waals surface area contributed by atoms with E-state index in [1.165, 1.54) is 12.3 Å². The predicted octanol–water partition coefficient (Wildman–Crippen LogP) is 2.65. The highest BCUT2D eigenvalue weighted by molar-refractivity contribution is 6.03. The SMILES string of the molecule is O=C(O)c1nccc(C=Cc2ccccc2)c1C(=O)O. The van der Waals surface area contributed by atoms with Crippen molar-refractivity contribution in [3.8, 4) is 0 Å². The molecule has 0 aliphatic carbocycles. The molecular formula is C15H11NO4. The first-order valence-corrected chi connectivity index (χ1v) is 5.78. The Labute approximate surface area is 114 Å². The lowest BCUT2D eigenvalue weighted by molar-refractivity contribution is 0.0646. The summed E-state index contributed by atoms with van der Waals surface area (Å²) in [4.78, 5) is 25.8. The Balaban J connectivity index is 2.47. The molecule has 0 fully saturated rings. The second kappa shape index (κ2) is 5.79. The number of benzene rings is 1. The highest BCUT2D eigenvalue weighted by Crippen LogP contribution is 2.16. The lowest BCUT2D eigenvalue weighted by Crippen LogP contribution is -2.12. The number of aromatic nitrogens is 1. The normalized spacial score (nSPS) is 10.6. The Morgan fingerprint density at radius 1 is 0.950 bits per heavy atom. The van der Waals surface area contributed by atoms with Crippen LogP contribution in [0.2, 0.25) is 0 Å². The van der Waals surface area contributed by atoms with Gasteiger partial charge in [-0.05, 0) is 17.2 Å². The molecule has 100 valence electrons. The first-order chi connectivity index (χ1) is 9.59. The van der Waals surface area contributed by atoms with Crippen LogP contribution in [0.3, 0.4) is 0 Å². The third-order valence-electron chi connectivity index (χ3n) is 2.65. The van der Waals surface area contributed by atoms with Crippen LogP contribution >= 0.6 is 0 Å². The number of carboxylic acid groups (broad SMARTS) is 2. The van der Waals surface area contributed by atoms with Crippen molar-refractivity contribution < 1.29 is 19.8 Å². The zero-order valence-corrected chi connectivity index (χ0v) is 10.4. The molecule has 0 atom stereocenters. The van der Waals surface area contributed by atoms with Crippen LogP contribution in [0.5, 0.6) is 0 Å². The molecule has 0 saturated heterocycles. The summed E-state index contributed by atoms with van der Waals surface area (Å²) in [6.45, 7) is 0. The molecule has 0 aliphatic heterocycles. The summed E-state index contributed by atoms with van der Waals surface area (Å²) in [5.41, 5.74) is 0.408. The molecular weight excluding hydrogens is 258 g/mol. The van der Waals surface area contributed by atoms with Crippen molar-refractivity contribution in [2.75, 3.05) is 0 Å². The van der Waals surface area contributed by atoms with E-state index < -0.39 is 17.6 Å². The third kappa shape index (κ3) is 2.89. The number of hydrogen-bond acceptors (Lipinski definition) is 3. The Kier molecular flexibility index (Phi) is 3.91. The van der Waals surface area contributed by atoms with Crippen LogP contribution < -0.4 is 0 Å². The van der Waals surface area contributed by atoms with Gasteiger partial charge in [0.2, 0.25) is 0 Å². The van der Waals surface area contributed by atoms with Crippen molar-refractivity contribution in [2.24, 2.45) is 0 Å². The molecule has 0 radical (unpaired) electrons. The summed E-state index contributed by atoms with van der Waals surface area (Å²) in [7, 11) is 0. The van der Waals surface area contributed by atoms with Crippen molar-refractivity contribution in [1.82, 2.24) is 4.98 Å². The Bertz CT molecular complexity index is 678. The van der Waals surface area contributed by atoms with E-state index in [9.17, 15) is 9.59 Å². The molecule has 20 heavy (non-hydrogen) atoms. The maximum Gasteiger partial charge on any atom is 0.355 e. The summed E-state index contributed by atoms with van der Waals surface area (Å²) in [5.74, 6) is -2.68. The number of rotatable bonds is 4. The maximum absolute atomic E-state index is 11.2. The smallest absolute Gasteiger partial charge is 0.355 e.